The lowest BCUT2D eigenvalue weighted by Gasteiger charge is -2.39. The van der Waals surface area contributed by atoms with E-state index >= 15 is 0 Å². The van der Waals surface area contributed by atoms with Gasteiger partial charge in [0, 0.05) is 0 Å². The van der Waals surface area contributed by atoms with Crippen LogP contribution in [0.15, 0.2) is 36.6 Å². The highest BCUT2D eigenvalue weighted by atomic mass is 16.7. The van der Waals surface area contributed by atoms with Crippen LogP contribution in [0.5, 0.6) is 0 Å². The first-order valence-electron chi connectivity index (χ1n) is 6.31. The monoisotopic (exact) mass is 282 g/mol. The van der Waals surface area contributed by atoms with Gasteiger partial charge in [-0.05, 0) is 11.6 Å². The van der Waals surface area contributed by atoms with Gasteiger partial charge >= 0.3 is 0 Å². The minimum absolute atomic E-state index is 0.479. The van der Waals surface area contributed by atoms with Gasteiger partial charge in [0.05, 0.1) is 12.9 Å². The second kappa shape index (κ2) is 6.83. The van der Waals surface area contributed by atoms with E-state index in [2.05, 4.69) is 0 Å². The number of aliphatic hydroxyl groups is 4. The zero-order valence-corrected chi connectivity index (χ0v) is 10.7. The summed E-state index contributed by atoms with van der Waals surface area (Å²) < 4.78 is 10.4. The van der Waals surface area contributed by atoms with Crippen LogP contribution in [0, 0.1) is 0 Å². The summed E-state index contributed by atoms with van der Waals surface area (Å²) in [5.74, 6) is 0. The minimum atomic E-state index is -1.43. The Labute approximate surface area is 116 Å². The van der Waals surface area contributed by atoms with Gasteiger partial charge in [0.2, 0.25) is 6.29 Å². The zero-order valence-electron chi connectivity index (χ0n) is 10.7. The molecule has 5 atom stereocenters. The fourth-order valence-electron chi connectivity index (χ4n) is 1.94. The summed E-state index contributed by atoms with van der Waals surface area (Å²) in [6.07, 6.45) is -3.32. The minimum Gasteiger partial charge on any atom is -0.470 e. The standard InChI is InChI=1S/C14H18O6/c15-8-10-11(16)12(17)13(18)14(20-10)19-7-6-9-4-2-1-3-5-9/h1-7,10-18H,8H2/t10-,11-,12+,13+,14+/m1/s1. The van der Waals surface area contributed by atoms with E-state index in [9.17, 15) is 15.3 Å². The van der Waals surface area contributed by atoms with Crippen molar-refractivity contribution in [3.05, 3.63) is 42.2 Å². The lowest BCUT2D eigenvalue weighted by molar-refractivity contribution is -0.287. The van der Waals surface area contributed by atoms with E-state index < -0.39 is 37.3 Å². The molecule has 0 aliphatic carbocycles. The SMILES string of the molecule is OC[C@H]1O[C@H](OC=Cc2ccccc2)[C@@H](O)[C@@H](O)[C@@H]1O. The average Bonchev–Trinajstić information content (AvgIpc) is 2.48. The van der Waals surface area contributed by atoms with E-state index in [4.69, 9.17) is 14.6 Å². The summed E-state index contributed by atoms with van der Waals surface area (Å²) in [6, 6.07) is 9.36. The molecule has 2 rings (SSSR count). The molecule has 1 aliphatic rings. The number of hydrogen-bond acceptors (Lipinski definition) is 6. The van der Waals surface area contributed by atoms with E-state index in [0.717, 1.165) is 5.56 Å². The molecule has 1 saturated heterocycles. The van der Waals surface area contributed by atoms with Crippen LogP contribution in [0.25, 0.3) is 6.08 Å². The molecule has 4 N–H and O–H groups in total. The van der Waals surface area contributed by atoms with Crippen molar-refractivity contribution in [3.8, 4) is 0 Å². The molecule has 0 saturated carbocycles. The van der Waals surface area contributed by atoms with E-state index in [1.807, 2.05) is 30.3 Å². The molecular weight excluding hydrogens is 264 g/mol. The molecule has 1 aromatic carbocycles. The smallest absolute Gasteiger partial charge is 0.228 e. The third kappa shape index (κ3) is 3.36. The molecule has 6 nitrogen and oxygen atoms in total. The largest absolute Gasteiger partial charge is 0.470 e. The van der Waals surface area contributed by atoms with E-state index in [-0.39, 0.29) is 0 Å². The van der Waals surface area contributed by atoms with Gasteiger partial charge in [0.1, 0.15) is 24.4 Å². The molecule has 0 aromatic heterocycles. The fourth-order valence-corrected chi connectivity index (χ4v) is 1.94. The Kier molecular flexibility index (Phi) is 5.11. The number of benzene rings is 1. The third-order valence-corrected chi connectivity index (χ3v) is 3.12. The van der Waals surface area contributed by atoms with Crippen molar-refractivity contribution in [1.82, 2.24) is 0 Å². The van der Waals surface area contributed by atoms with Crippen molar-refractivity contribution in [2.45, 2.75) is 30.7 Å². The molecular formula is C14H18O6. The van der Waals surface area contributed by atoms with Gasteiger partial charge in [-0.2, -0.15) is 0 Å². The lowest BCUT2D eigenvalue weighted by Crippen LogP contribution is -2.58. The molecule has 1 aromatic rings. The maximum Gasteiger partial charge on any atom is 0.228 e. The number of aliphatic hydroxyl groups excluding tert-OH is 4. The van der Waals surface area contributed by atoms with Crippen molar-refractivity contribution >= 4 is 6.08 Å². The van der Waals surface area contributed by atoms with Crippen molar-refractivity contribution in [2.24, 2.45) is 0 Å². The highest BCUT2D eigenvalue weighted by Gasteiger charge is 2.44. The summed E-state index contributed by atoms with van der Waals surface area (Å²) in [5, 5.41) is 38.0. The molecule has 0 unspecified atom stereocenters. The molecule has 0 radical (unpaired) electrons. The number of ether oxygens (including phenoxy) is 2. The zero-order chi connectivity index (χ0) is 14.5. The Hall–Kier alpha value is -1.44. The lowest BCUT2D eigenvalue weighted by atomic mass is 9.99. The summed E-state index contributed by atoms with van der Waals surface area (Å²) in [6.45, 7) is -0.479. The average molecular weight is 282 g/mol. The molecule has 0 spiro atoms. The number of rotatable bonds is 4. The van der Waals surface area contributed by atoms with Crippen molar-refractivity contribution in [2.75, 3.05) is 6.61 Å². The van der Waals surface area contributed by atoms with Crippen LogP contribution in [0.3, 0.4) is 0 Å². The maximum atomic E-state index is 9.74. The molecule has 110 valence electrons. The van der Waals surface area contributed by atoms with Crippen LogP contribution < -0.4 is 0 Å². The molecule has 1 aliphatic heterocycles. The van der Waals surface area contributed by atoms with Crippen molar-refractivity contribution in [1.29, 1.82) is 0 Å². The molecule has 0 amide bonds. The van der Waals surface area contributed by atoms with Crippen LogP contribution in [-0.2, 0) is 9.47 Å². The van der Waals surface area contributed by atoms with Gasteiger partial charge in [-0.3, -0.25) is 0 Å². The van der Waals surface area contributed by atoms with Crippen LogP contribution in [0.4, 0.5) is 0 Å². The Bertz CT molecular complexity index is 433. The summed E-state index contributed by atoms with van der Waals surface area (Å²) in [5.41, 5.74) is 0.900. The van der Waals surface area contributed by atoms with Crippen LogP contribution in [0.2, 0.25) is 0 Å². The highest BCUT2D eigenvalue weighted by molar-refractivity contribution is 5.47. The van der Waals surface area contributed by atoms with E-state index in [1.54, 1.807) is 6.08 Å². The van der Waals surface area contributed by atoms with Gasteiger partial charge in [-0.1, -0.05) is 30.3 Å². The predicted molar refractivity (Wildman–Crippen MR) is 70.3 cm³/mol. The van der Waals surface area contributed by atoms with Crippen LogP contribution in [0.1, 0.15) is 5.56 Å². The van der Waals surface area contributed by atoms with Crippen molar-refractivity contribution in [3.63, 3.8) is 0 Å². The molecule has 6 heteroatoms. The molecule has 0 bridgehead atoms. The summed E-state index contributed by atoms with van der Waals surface area (Å²) in [4.78, 5) is 0. The van der Waals surface area contributed by atoms with Gasteiger partial charge in [-0.25, -0.2) is 0 Å². The fraction of sp³-hybridized carbons (Fsp3) is 0.429. The van der Waals surface area contributed by atoms with Gasteiger partial charge in [0.25, 0.3) is 0 Å². The first kappa shape index (κ1) is 15.0. The van der Waals surface area contributed by atoms with Crippen LogP contribution in [-0.4, -0.2) is 57.7 Å². The van der Waals surface area contributed by atoms with Crippen molar-refractivity contribution < 1.29 is 29.9 Å². The first-order valence-corrected chi connectivity index (χ1v) is 6.31. The summed E-state index contributed by atoms with van der Waals surface area (Å²) >= 11 is 0. The summed E-state index contributed by atoms with van der Waals surface area (Å²) in [7, 11) is 0. The Balaban J connectivity index is 1.96. The Morgan fingerprint density at radius 3 is 2.40 bits per heavy atom. The van der Waals surface area contributed by atoms with Crippen LogP contribution >= 0.6 is 0 Å². The topological polar surface area (TPSA) is 99.4 Å². The second-order valence-electron chi connectivity index (χ2n) is 4.55. The van der Waals surface area contributed by atoms with Gasteiger partial charge in [-0.15, -0.1) is 0 Å². The second-order valence-corrected chi connectivity index (χ2v) is 4.55. The maximum absolute atomic E-state index is 9.74. The van der Waals surface area contributed by atoms with E-state index in [1.165, 1.54) is 6.26 Å². The normalized spacial score (nSPS) is 34.3. The van der Waals surface area contributed by atoms with E-state index in [0.29, 0.717) is 0 Å². The third-order valence-electron chi connectivity index (χ3n) is 3.12. The Morgan fingerprint density at radius 2 is 1.75 bits per heavy atom. The Morgan fingerprint density at radius 1 is 1.05 bits per heavy atom. The highest BCUT2D eigenvalue weighted by Crippen LogP contribution is 2.22. The van der Waals surface area contributed by atoms with Gasteiger partial charge < -0.3 is 29.9 Å². The van der Waals surface area contributed by atoms with Gasteiger partial charge in [0.15, 0.2) is 0 Å². The molecule has 1 fully saturated rings. The molecule has 1 heterocycles. The molecule has 20 heavy (non-hydrogen) atoms. The first-order chi connectivity index (χ1) is 9.63. The predicted octanol–water partition coefficient (Wildman–Crippen LogP) is -0.526. The quantitative estimate of drug-likeness (QED) is 0.554. The number of hydrogen-bond donors (Lipinski definition) is 4.